The van der Waals surface area contributed by atoms with Gasteiger partial charge in [0.15, 0.2) is 0 Å². The zero-order chi connectivity index (χ0) is 18.6. The zero-order valence-electron chi connectivity index (χ0n) is 14.7. The fraction of sp³-hybridized carbons (Fsp3) is 0.0952. The highest BCUT2D eigenvalue weighted by molar-refractivity contribution is 7.99. The number of amides is 1. The lowest BCUT2D eigenvalue weighted by atomic mass is 10.1. The van der Waals surface area contributed by atoms with Gasteiger partial charge in [-0.05, 0) is 42.0 Å². The molecule has 0 spiro atoms. The van der Waals surface area contributed by atoms with Crippen molar-refractivity contribution >= 4 is 34.1 Å². The van der Waals surface area contributed by atoms with E-state index in [1.165, 1.54) is 11.8 Å². The normalized spacial score (nSPS) is 10.9. The monoisotopic (exact) mass is 375 g/mol. The van der Waals surface area contributed by atoms with Crippen LogP contribution in [0.4, 0.5) is 5.69 Å². The number of carbonyl (C=O) groups is 1. The van der Waals surface area contributed by atoms with Gasteiger partial charge >= 0.3 is 0 Å². The van der Waals surface area contributed by atoms with Crippen molar-refractivity contribution in [3.8, 4) is 11.5 Å². The number of aromatic nitrogens is 2. The van der Waals surface area contributed by atoms with E-state index in [2.05, 4.69) is 21.6 Å². The van der Waals surface area contributed by atoms with Gasteiger partial charge in [-0.2, -0.15) is 0 Å². The van der Waals surface area contributed by atoms with Gasteiger partial charge in [-0.25, -0.2) is 0 Å². The Balaban J connectivity index is 1.40. The average molecular weight is 375 g/mol. The van der Waals surface area contributed by atoms with Crippen molar-refractivity contribution in [2.75, 3.05) is 11.1 Å². The Morgan fingerprint density at radius 1 is 1.00 bits per heavy atom. The van der Waals surface area contributed by atoms with Crippen LogP contribution in [0.15, 0.2) is 76.4 Å². The largest absolute Gasteiger partial charge is 0.411 e. The van der Waals surface area contributed by atoms with E-state index in [4.69, 9.17) is 4.42 Å². The number of fused-ring (bicyclic) bond motifs is 1. The molecule has 0 aliphatic carbocycles. The quantitative estimate of drug-likeness (QED) is 0.501. The van der Waals surface area contributed by atoms with Gasteiger partial charge in [-0.15, -0.1) is 10.2 Å². The van der Waals surface area contributed by atoms with Crippen molar-refractivity contribution in [3.05, 3.63) is 72.3 Å². The Morgan fingerprint density at radius 2 is 1.78 bits per heavy atom. The predicted molar refractivity (Wildman–Crippen MR) is 108 cm³/mol. The molecule has 0 saturated heterocycles. The summed E-state index contributed by atoms with van der Waals surface area (Å²) in [6, 6.07) is 21.8. The molecule has 4 rings (SSSR count). The molecule has 3 aromatic carbocycles. The van der Waals surface area contributed by atoms with Crippen molar-refractivity contribution in [1.82, 2.24) is 10.2 Å². The number of thioether (sulfide) groups is 1. The molecule has 0 saturated carbocycles. The number of hydrogen-bond donors (Lipinski definition) is 1. The Kier molecular flexibility index (Phi) is 4.89. The van der Waals surface area contributed by atoms with E-state index in [-0.39, 0.29) is 11.7 Å². The van der Waals surface area contributed by atoms with Crippen LogP contribution in [-0.2, 0) is 4.79 Å². The van der Waals surface area contributed by atoms with Gasteiger partial charge in [0.1, 0.15) is 0 Å². The summed E-state index contributed by atoms with van der Waals surface area (Å²) in [4.78, 5) is 12.1. The minimum Gasteiger partial charge on any atom is -0.411 e. The lowest BCUT2D eigenvalue weighted by Gasteiger charge is -2.04. The molecule has 27 heavy (non-hydrogen) atoms. The van der Waals surface area contributed by atoms with Gasteiger partial charge in [0, 0.05) is 11.3 Å². The fourth-order valence-corrected chi connectivity index (χ4v) is 3.23. The van der Waals surface area contributed by atoms with Crippen LogP contribution in [0.5, 0.6) is 0 Å². The lowest BCUT2D eigenvalue weighted by molar-refractivity contribution is -0.113. The van der Waals surface area contributed by atoms with E-state index < -0.39 is 0 Å². The molecule has 1 N–H and O–H groups in total. The number of benzene rings is 3. The highest BCUT2D eigenvalue weighted by Crippen LogP contribution is 2.26. The summed E-state index contributed by atoms with van der Waals surface area (Å²) in [6.07, 6.45) is 0. The van der Waals surface area contributed by atoms with E-state index >= 15 is 0 Å². The van der Waals surface area contributed by atoms with Crippen LogP contribution in [0.3, 0.4) is 0 Å². The number of nitrogens with one attached hydrogen (secondary N) is 1. The number of carbonyl (C=O) groups excluding carboxylic acids is 1. The van der Waals surface area contributed by atoms with E-state index in [1.807, 2.05) is 67.6 Å². The van der Waals surface area contributed by atoms with Crippen LogP contribution in [0, 0.1) is 6.92 Å². The van der Waals surface area contributed by atoms with E-state index in [1.54, 1.807) is 0 Å². The van der Waals surface area contributed by atoms with Gasteiger partial charge < -0.3 is 9.73 Å². The highest BCUT2D eigenvalue weighted by Gasteiger charge is 2.12. The number of nitrogens with zero attached hydrogens (tertiary/aromatic N) is 2. The topological polar surface area (TPSA) is 68.0 Å². The molecule has 1 amide bonds. The maximum absolute atomic E-state index is 12.1. The number of rotatable bonds is 5. The molecule has 0 aliphatic heterocycles. The molecule has 0 radical (unpaired) electrons. The first-order chi connectivity index (χ1) is 13.2. The van der Waals surface area contributed by atoms with Gasteiger partial charge in [-0.3, -0.25) is 4.79 Å². The minimum atomic E-state index is -0.116. The van der Waals surface area contributed by atoms with Crippen LogP contribution < -0.4 is 5.32 Å². The second kappa shape index (κ2) is 7.63. The molecule has 0 fully saturated rings. The summed E-state index contributed by atoms with van der Waals surface area (Å²) in [5, 5.41) is 13.6. The van der Waals surface area contributed by atoms with Crippen molar-refractivity contribution in [2.45, 2.75) is 12.1 Å². The first-order valence-electron chi connectivity index (χ1n) is 8.49. The van der Waals surface area contributed by atoms with Gasteiger partial charge in [0.05, 0.1) is 5.75 Å². The molecule has 134 valence electrons. The summed E-state index contributed by atoms with van der Waals surface area (Å²) in [6.45, 7) is 2.00. The van der Waals surface area contributed by atoms with Crippen molar-refractivity contribution < 1.29 is 9.21 Å². The van der Waals surface area contributed by atoms with Crippen LogP contribution in [-0.4, -0.2) is 21.9 Å². The minimum absolute atomic E-state index is 0.116. The predicted octanol–water partition coefficient (Wildman–Crippen LogP) is 4.93. The molecule has 1 heterocycles. The molecule has 4 aromatic rings. The maximum atomic E-state index is 12.1. The smallest absolute Gasteiger partial charge is 0.277 e. The summed E-state index contributed by atoms with van der Waals surface area (Å²) in [5.41, 5.74) is 2.78. The molecule has 0 aliphatic rings. The lowest BCUT2D eigenvalue weighted by Crippen LogP contribution is -2.13. The first kappa shape index (κ1) is 17.3. The second-order valence-corrected chi connectivity index (χ2v) is 7.06. The van der Waals surface area contributed by atoms with Crippen molar-refractivity contribution in [1.29, 1.82) is 0 Å². The second-order valence-electron chi connectivity index (χ2n) is 6.14. The number of aryl methyl sites for hydroxylation is 1. The molecule has 1 aromatic heterocycles. The van der Waals surface area contributed by atoms with Crippen LogP contribution in [0.25, 0.3) is 22.2 Å². The molecule has 5 nitrogen and oxygen atoms in total. The van der Waals surface area contributed by atoms with E-state index in [0.717, 1.165) is 27.6 Å². The molecule has 6 heteroatoms. The van der Waals surface area contributed by atoms with Crippen LogP contribution in [0.1, 0.15) is 5.56 Å². The summed E-state index contributed by atoms with van der Waals surface area (Å²) in [5.74, 6) is 0.532. The molecular formula is C21H17N3O2S. The molecule has 0 bridgehead atoms. The fourth-order valence-electron chi connectivity index (χ4n) is 2.67. The van der Waals surface area contributed by atoms with Gasteiger partial charge in [0.25, 0.3) is 5.22 Å². The maximum Gasteiger partial charge on any atom is 0.277 e. The Labute approximate surface area is 160 Å². The molecular weight excluding hydrogens is 358 g/mol. The van der Waals surface area contributed by atoms with Gasteiger partial charge in [-0.1, -0.05) is 59.8 Å². The Morgan fingerprint density at radius 3 is 2.59 bits per heavy atom. The number of anilines is 1. The summed E-state index contributed by atoms with van der Waals surface area (Å²) >= 11 is 1.22. The SMILES string of the molecule is Cc1ccc(NC(=O)CSc2nnc(-c3ccc4ccccc4c3)o2)cc1. The summed E-state index contributed by atoms with van der Waals surface area (Å²) < 4.78 is 5.70. The van der Waals surface area contributed by atoms with Crippen molar-refractivity contribution in [3.63, 3.8) is 0 Å². The molecule has 0 atom stereocenters. The number of hydrogen-bond acceptors (Lipinski definition) is 5. The third-order valence-electron chi connectivity index (χ3n) is 4.06. The van der Waals surface area contributed by atoms with Gasteiger partial charge in [0.2, 0.25) is 11.8 Å². The van der Waals surface area contributed by atoms with E-state index in [9.17, 15) is 4.79 Å². The third-order valence-corrected chi connectivity index (χ3v) is 4.88. The standard InChI is InChI=1S/C21H17N3O2S/c1-14-6-10-18(11-7-14)22-19(25)13-27-21-24-23-20(26-21)17-9-8-15-4-2-3-5-16(15)12-17/h2-12H,13H2,1H3,(H,22,25). The van der Waals surface area contributed by atoms with Crippen molar-refractivity contribution in [2.24, 2.45) is 0 Å². The zero-order valence-corrected chi connectivity index (χ0v) is 15.5. The summed E-state index contributed by atoms with van der Waals surface area (Å²) in [7, 11) is 0. The Bertz CT molecular complexity index is 1090. The van der Waals surface area contributed by atoms with E-state index in [0.29, 0.717) is 11.1 Å². The first-order valence-corrected chi connectivity index (χ1v) is 9.48. The Hall–Kier alpha value is -3.12. The van der Waals surface area contributed by atoms with Crippen LogP contribution >= 0.6 is 11.8 Å². The third kappa shape index (κ3) is 4.17. The average Bonchev–Trinajstić information content (AvgIpc) is 3.17. The van der Waals surface area contributed by atoms with Crippen LogP contribution in [0.2, 0.25) is 0 Å². The highest BCUT2D eigenvalue weighted by atomic mass is 32.2. The molecule has 0 unspecified atom stereocenters.